The number of nitrogens with one attached hydrogen (secondary N) is 1. The van der Waals surface area contributed by atoms with Crippen molar-refractivity contribution in [3.05, 3.63) is 100.0 Å². The van der Waals surface area contributed by atoms with Crippen LogP contribution in [0.3, 0.4) is 0 Å². The maximum absolute atomic E-state index is 14.3. The fourth-order valence-corrected chi connectivity index (χ4v) is 5.89. The van der Waals surface area contributed by atoms with E-state index in [-0.39, 0.29) is 55.0 Å². The molecule has 0 aliphatic heterocycles. The van der Waals surface area contributed by atoms with Gasteiger partial charge in [-0.15, -0.1) is 0 Å². The van der Waals surface area contributed by atoms with Crippen LogP contribution in [-0.4, -0.2) is 22.3 Å². The Morgan fingerprint density at radius 3 is 2.11 bits per heavy atom. The first-order chi connectivity index (χ1) is 21.7. The summed E-state index contributed by atoms with van der Waals surface area (Å²) in [6, 6.07) is 11.1. The van der Waals surface area contributed by atoms with Gasteiger partial charge in [-0.3, -0.25) is 5.41 Å². The summed E-state index contributed by atoms with van der Waals surface area (Å²) in [5, 5.41) is 19.7. The summed E-state index contributed by atoms with van der Waals surface area (Å²) in [6.45, 7) is 0. The highest BCUT2D eigenvalue weighted by Gasteiger charge is 2.36. The van der Waals surface area contributed by atoms with Gasteiger partial charge in [0.25, 0.3) is 0 Å². The van der Waals surface area contributed by atoms with Gasteiger partial charge in [-0.05, 0) is 64.7 Å². The first kappa shape index (κ1) is 29.2. The molecule has 1 heterocycles. The fraction of sp³-hybridized carbons (Fsp3) is 0.121. The number of hydrogen-bond donors (Lipinski definition) is 1. The minimum absolute atomic E-state index is 0.0108. The van der Waals surface area contributed by atoms with Gasteiger partial charge in [0.1, 0.15) is 28.4 Å². The maximum Gasteiger partial charge on any atom is 0.416 e. The highest BCUT2D eigenvalue weighted by atomic mass is 19.4. The molecule has 0 spiro atoms. The van der Waals surface area contributed by atoms with Crippen LogP contribution in [0.5, 0.6) is 0 Å². The zero-order valence-corrected chi connectivity index (χ0v) is 22.9. The lowest BCUT2D eigenvalue weighted by Crippen LogP contribution is -2.18. The van der Waals surface area contributed by atoms with Crippen molar-refractivity contribution in [1.29, 1.82) is 10.7 Å². The van der Waals surface area contributed by atoms with E-state index in [0.717, 1.165) is 24.3 Å². The molecule has 7 rings (SSSR count). The first-order valence-electron chi connectivity index (χ1n) is 13.5. The summed E-state index contributed by atoms with van der Waals surface area (Å²) >= 11 is 0. The maximum atomic E-state index is 14.3. The summed E-state index contributed by atoms with van der Waals surface area (Å²) in [5.41, 5.74) is -0.909. The zero-order chi connectivity index (χ0) is 32.7. The number of allylic oxidation sites excluding steroid dienone is 4. The van der Waals surface area contributed by atoms with E-state index >= 15 is 0 Å². The first-order valence-corrected chi connectivity index (χ1v) is 13.5. The van der Waals surface area contributed by atoms with Crippen molar-refractivity contribution in [2.75, 3.05) is 0 Å². The smallest absolute Gasteiger partial charge is 0.298 e. The summed E-state index contributed by atoms with van der Waals surface area (Å²) < 4.78 is 109. The minimum Gasteiger partial charge on any atom is -0.298 e. The second-order valence-electron chi connectivity index (χ2n) is 10.8. The third kappa shape index (κ3) is 4.68. The second-order valence-corrected chi connectivity index (χ2v) is 10.8. The summed E-state index contributed by atoms with van der Waals surface area (Å²) in [6.07, 6.45) is -8.45. The molecule has 5 nitrogen and oxygen atoms in total. The highest BCUT2D eigenvalue weighted by molar-refractivity contribution is 6.15. The Kier molecular flexibility index (Phi) is 6.35. The number of alkyl halides is 7. The highest BCUT2D eigenvalue weighted by Crippen LogP contribution is 2.38. The molecule has 1 aromatic heterocycles. The van der Waals surface area contributed by atoms with Crippen LogP contribution in [0.4, 0.5) is 35.1 Å². The molecule has 0 radical (unpaired) electrons. The van der Waals surface area contributed by atoms with Crippen molar-refractivity contribution in [3.63, 3.8) is 0 Å². The van der Waals surface area contributed by atoms with Gasteiger partial charge in [0.2, 0.25) is 6.19 Å². The Labute approximate surface area is 252 Å². The van der Waals surface area contributed by atoms with E-state index in [1.54, 1.807) is 12.3 Å². The molecule has 46 heavy (non-hydrogen) atoms. The lowest BCUT2D eigenvalue weighted by molar-refractivity contribution is -0.137. The normalized spacial score (nSPS) is 16.4. The fourth-order valence-electron chi connectivity index (χ4n) is 5.89. The van der Waals surface area contributed by atoms with Crippen LogP contribution in [0.15, 0.2) is 77.3 Å². The van der Waals surface area contributed by atoms with Crippen molar-refractivity contribution in [2.45, 2.75) is 24.9 Å². The van der Waals surface area contributed by atoms with Crippen molar-refractivity contribution in [2.24, 2.45) is 4.99 Å². The van der Waals surface area contributed by atoms with Crippen LogP contribution in [-0.2, 0) is 6.18 Å². The standard InChI is InChI=1S/C33H15F8N5/c34-20-7-16(5-18(11-20)32(36,37)38)14-1-3-22-24(9-14)26(43)30-28(22)46-31-27(44-13-42)25-10-15(2-4-23(25)29(31)45-30)17-6-19(33(39,40)41)12-21(35)8-17/h1-11,21,43H,12H2. The van der Waals surface area contributed by atoms with Crippen LogP contribution in [0.2, 0.25) is 0 Å². The molecule has 228 valence electrons. The lowest BCUT2D eigenvalue weighted by atomic mass is 9.92. The van der Waals surface area contributed by atoms with Gasteiger partial charge in [-0.1, -0.05) is 24.3 Å². The van der Waals surface area contributed by atoms with E-state index in [1.807, 2.05) is 0 Å². The predicted molar refractivity (Wildman–Crippen MR) is 153 cm³/mol. The molecule has 1 aliphatic carbocycles. The SMILES string of the molecule is N#CN=c1c2cc(C3=CC(F)CC(C(F)(F)F)=C3)ccc2c2nc3c(=N)c4cc(-c5cc(F)cc(C(F)(F)F)c5)ccc4c3nc12. The van der Waals surface area contributed by atoms with Gasteiger partial charge in [0.15, 0.2) is 0 Å². The predicted octanol–water partition coefficient (Wildman–Crippen LogP) is 8.27. The van der Waals surface area contributed by atoms with Gasteiger partial charge >= 0.3 is 12.4 Å². The van der Waals surface area contributed by atoms with Crippen molar-refractivity contribution in [1.82, 2.24) is 9.97 Å². The van der Waals surface area contributed by atoms with E-state index in [1.165, 1.54) is 30.3 Å². The molecule has 5 aromatic carbocycles. The molecule has 13 heteroatoms. The van der Waals surface area contributed by atoms with Crippen molar-refractivity contribution in [3.8, 4) is 17.3 Å². The average Bonchev–Trinajstić information content (AvgIpc) is 3.45. The molecule has 0 saturated carbocycles. The number of halogens is 8. The minimum atomic E-state index is -4.77. The summed E-state index contributed by atoms with van der Waals surface area (Å²) in [7, 11) is 0. The molecule has 0 fully saturated rings. The zero-order valence-electron chi connectivity index (χ0n) is 22.9. The Morgan fingerprint density at radius 1 is 0.761 bits per heavy atom. The third-order valence-corrected chi connectivity index (χ3v) is 7.95. The lowest BCUT2D eigenvalue weighted by Gasteiger charge is -2.19. The molecule has 6 aromatic rings. The Bertz CT molecular complexity index is 2490. The van der Waals surface area contributed by atoms with Crippen LogP contribution >= 0.6 is 0 Å². The van der Waals surface area contributed by atoms with Crippen LogP contribution < -0.4 is 10.7 Å². The van der Waals surface area contributed by atoms with Crippen LogP contribution in [0.1, 0.15) is 17.5 Å². The van der Waals surface area contributed by atoms with E-state index in [4.69, 9.17) is 5.41 Å². The Hall–Kier alpha value is -5.51. The van der Waals surface area contributed by atoms with Gasteiger partial charge in [0, 0.05) is 33.5 Å². The van der Waals surface area contributed by atoms with Gasteiger partial charge in [0.05, 0.1) is 22.0 Å². The van der Waals surface area contributed by atoms with Crippen LogP contribution in [0.25, 0.3) is 60.3 Å². The van der Waals surface area contributed by atoms with E-state index in [9.17, 15) is 40.4 Å². The largest absolute Gasteiger partial charge is 0.416 e. The number of fused-ring (bicyclic) bond motifs is 6. The van der Waals surface area contributed by atoms with Crippen molar-refractivity contribution >= 4 is 49.2 Å². The van der Waals surface area contributed by atoms with Gasteiger partial charge in [-0.2, -0.15) is 36.6 Å². The van der Waals surface area contributed by atoms with E-state index in [2.05, 4.69) is 15.0 Å². The van der Waals surface area contributed by atoms with Gasteiger partial charge in [-0.25, -0.2) is 18.7 Å². The summed E-state index contributed by atoms with van der Waals surface area (Å²) in [5.74, 6) is -1.07. The molecule has 1 aliphatic rings. The molecule has 1 N–H and O–H groups in total. The Morgan fingerprint density at radius 2 is 1.41 bits per heavy atom. The molecule has 1 unspecified atom stereocenters. The molecule has 0 bridgehead atoms. The number of nitrogens with zero attached hydrogens (tertiary/aromatic N) is 4. The molecular formula is C33H15F8N5. The van der Waals surface area contributed by atoms with Crippen molar-refractivity contribution < 1.29 is 35.1 Å². The average molecular weight is 634 g/mol. The number of rotatable bonds is 2. The monoisotopic (exact) mass is 633 g/mol. The number of benzene rings is 3. The number of aromatic nitrogens is 2. The van der Waals surface area contributed by atoms with Gasteiger partial charge < -0.3 is 0 Å². The molecule has 1 atom stereocenters. The summed E-state index contributed by atoms with van der Waals surface area (Å²) in [4.78, 5) is 13.2. The molecule has 0 saturated heterocycles. The second kappa shape index (κ2) is 10.00. The molecular weight excluding hydrogens is 618 g/mol. The number of hydrogen-bond acceptors (Lipinski definition) is 5. The van der Waals surface area contributed by atoms with E-state index < -0.39 is 41.9 Å². The Balaban J connectivity index is 1.43. The quantitative estimate of drug-likeness (QED) is 0.154. The topological polar surface area (TPSA) is 85.8 Å². The third-order valence-electron chi connectivity index (χ3n) is 7.95. The molecule has 0 amide bonds. The number of nitriles is 1. The van der Waals surface area contributed by atoms with E-state index in [0.29, 0.717) is 27.6 Å². The van der Waals surface area contributed by atoms with Crippen LogP contribution in [0, 0.1) is 22.7 Å².